The van der Waals surface area contributed by atoms with Crippen molar-refractivity contribution in [3.63, 3.8) is 0 Å². The van der Waals surface area contributed by atoms with E-state index in [1.54, 1.807) is 5.38 Å². The van der Waals surface area contributed by atoms with Crippen LogP contribution in [0.3, 0.4) is 0 Å². The molecule has 0 fully saturated rings. The van der Waals surface area contributed by atoms with Crippen LogP contribution in [0.15, 0.2) is 23.6 Å². The smallest absolute Gasteiger partial charge is 0.305 e. The van der Waals surface area contributed by atoms with E-state index < -0.39 is 17.6 Å². The molecule has 0 unspecified atom stereocenters. The van der Waals surface area contributed by atoms with Gasteiger partial charge in [0.2, 0.25) is 0 Å². The molecule has 1 heterocycles. The topological polar surface area (TPSA) is 57.6 Å². The fraction of sp³-hybridized carbons (Fsp3) is 0.294. The van der Waals surface area contributed by atoms with E-state index in [4.69, 9.17) is 5.11 Å². The molecule has 2 rings (SSSR count). The van der Waals surface area contributed by atoms with Gasteiger partial charge in [-0.15, -0.1) is 11.3 Å². The lowest BCUT2D eigenvalue weighted by molar-refractivity contribution is -0.137. The van der Waals surface area contributed by atoms with Gasteiger partial charge in [-0.2, -0.15) is 0 Å². The van der Waals surface area contributed by atoms with Gasteiger partial charge < -0.3 is 10.0 Å². The minimum absolute atomic E-state index is 0.0116. The van der Waals surface area contributed by atoms with Crippen molar-refractivity contribution in [2.45, 2.75) is 26.8 Å². The van der Waals surface area contributed by atoms with Gasteiger partial charge in [0.05, 0.1) is 12.0 Å². The van der Waals surface area contributed by atoms with Gasteiger partial charge in [-0.05, 0) is 37.1 Å². The second kappa shape index (κ2) is 7.53. The lowest BCUT2D eigenvalue weighted by atomic mass is 10.1. The van der Waals surface area contributed by atoms with Gasteiger partial charge in [0, 0.05) is 23.3 Å². The Kier molecular flexibility index (Phi) is 5.66. The number of carboxylic acid groups (broad SMARTS) is 1. The summed E-state index contributed by atoms with van der Waals surface area (Å²) in [7, 11) is 0. The number of carbonyl (C=O) groups is 2. The Morgan fingerprint density at radius 2 is 1.92 bits per heavy atom. The molecule has 7 heteroatoms. The largest absolute Gasteiger partial charge is 0.481 e. The number of aryl methyl sites for hydroxylation is 1. The van der Waals surface area contributed by atoms with Crippen molar-refractivity contribution in [1.29, 1.82) is 0 Å². The molecule has 128 valence electrons. The number of benzene rings is 1. The van der Waals surface area contributed by atoms with Gasteiger partial charge in [0.1, 0.15) is 0 Å². The van der Waals surface area contributed by atoms with E-state index in [9.17, 15) is 18.4 Å². The first-order chi connectivity index (χ1) is 11.3. The maximum Gasteiger partial charge on any atom is 0.305 e. The van der Waals surface area contributed by atoms with Crippen molar-refractivity contribution in [2.75, 3.05) is 6.54 Å². The SMILES string of the molecule is Cc1scc(C(=O)N(CCC(=O)O)Cc2ccc(F)c(F)c2)c1C. The van der Waals surface area contributed by atoms with E-state index in [-0.39, 0.29) is 25.4 Å². The quantitative estimate of drug-likeness (QED) is 0.860. The summed E-state index contributed by atoms with van der Waals surface area (Å²) in [6.45, 7) is 3.72. The van der Waals surface area contributed by atoms with E-state index >= 15 is 0 Å². The summed E-state index contributed by atoms with van der Waals surface area (Å²) in [5.74, 6) is -3.31. The average molecular weight is 353 g/mol. The molecule has 1 N–H and O–H groups in total. The zero-order chi connectivity index (χ0) is 17.9. The van der Waals surface area contributed by atoms with Gasteiger partial charge in [-0.25, -0.2) is 8.78 Å². The molecule has 1 amide bonds. The predicted octanol–water partition coefficient (Wildman–Crippen LogP) is 3.76. The van der Waals surface area contributed by atoms with Crippen LogP contribution in [0.1, 0.15) is 32.8 Å². The molecule has 1 aromatic carbocycles. The fourth-order valence-corrected chi connectivity index (χ4v) is 3.10. The van der Waals surface area contributed by atoms with E-state index in [0.29, 0.717) is 11.1 Å². The number of nitrogens with zero attached hydrogens (tertiary/aromatic N) is 1. The Balaban J connectivity index is 2.26. The number of hydrogen-bond donors (Lipinski definition) is 1. The number of amides is 1. The maximum atomic E-state index is 13.4. The highest BCUT2D eigenvalue weighted by molar-refractivity contribution is 7.10. The molecule has 0 bridgehead atoms. The number of halogens is 2. The summed E-state index contributed by atoms with van der Waals surface area (Å²) in [6.07, 6.45) is -0.225. The first kappa shape index (κ1) is 18.1. The van der Waals surface area contributed by atoms with Gasteiger partial charge in [-0.3, -0.25) is 9.59 Å². The highest BCUT2D eigenvalue weighted by Gasteiger charge is 2.21. The maximum absolute atomic E-state index is 13.4. The summed E-state index contributed by atoms with van der Waals surface area (Å²) in [5.41, 5.74) is 1.75. The summed E-state index contributed by atoms with van der Waals surface area (Å²) in [4.78, 5) is 25.9. The van der Waals surface area contributed by atoms with Crippen molar-refractivity contribution >= 4 is 23.2 Å². The Bertz CT molecular complexity index is 773. The third-order valence-electron chi connectivity index (χ3n) is 3.76. The zero-order valence-electron chi connectivity index (χ0n) is 13.3. The van der Waals surface area contributed by atoms with Crippen molar-refractivity contribution in [1.82, 2.24) is 4.90 Å². The molecule has 2 aromatic rings. The average Bonchev–Trinajstić information content (AvgIpc) is 2.86. The minimum atomic E-state index is -1.03. The number of carbonyl (C=O) groups excluding carboxylic acids is 1. The molecule has 0 saturated heterocycles. The third kappa shape index (κ3) is 4.17. The normalized spacial score (nSPS) is 10.7. The second-order valence-electron chi connectivity index (χ2n) is 5.45. The first-order valence-corrected chi connectivity index (χ1v) is 8.17. The molecule has 1 aromatic heterocycles. The van der Waals surface area contributed by atoms with Crippen LogP contribution in [0.25, 0.3) is 0 Å². The standard InChI is InChI=1S/C17H17F2NO3S/c1-10-11(2)24-9-13(10)17(23)20(6-5-16(21)22)8-12-3-4-14(18)15(19)7-12/h3-4,7,9H,5-6,8H2,1-2H3,(H,21,22). The van der Waals surface area contributed by atoms with Crippen LogP contribution in [-0.4, -0.2) is 28.4 Å². The Morgan fingerprint density at radius 1 is 1.21 bits per heavy atom. The van der Waals surface area contributed by atoms with Crippen LogP contribution in [-0.2, 0) is 11.3 Å². The molecule has 0 atom stereocenters. The number of carboxylic acids is 1. The monoisotopic (exact) mass is 353 g/mol. The molecule has 0 aliphatic carbocycles. The van der Waals surface area contributed by atoms with Crippen molar-refractivity contribution < 1.29 is 23.5 Å². The fourth-order valence-electron chi connectivity index (χ4n) is 2.24. The van der Waals surface area contributed by atoms with Gasteiger partial charge >= 0.3 is 5.97 Å². The van der Waals surface area contributed by atoms with Crippen LogP contribution in [0.5, 0.6) is 0 Å². The lowest BCUT2D eigenvalue weighted by Crippen LogP contribution is -2.32. The highest BCUT2D eigenvalue weighted by atomic mass is 32.1. The molecule has 0 aliphatic rings. The molecule has 24 heavy (non-hydrogen) atoms. The Morgan fingerprint density at radius 3 is 2.46 bits per heavy atom. The summed E-state index contributed by atoms with van der Waals surface area (Å²) in [5, 5.41) is 10.6. The Hall–Kier alpha value is -2.28. The van der Waals surface area contributed by atoms with E-state index in [0.717, 1.165) is 22.6 Å². The lowest BCUT2D eigenvalue weighted by Gasteiger charge is -2.22. The molecule has 0 aliphatic heterocycles. The summed E-state index contributed by atoms with van der Waals surface area (Å²) in [6, 6.07) is 3.39. The molecular weight excluding hydrogens is 336 g/mol. The first-order valence-electron chi connectivity index (χ1n) is 7.29. The third-order valence-corrected chi connectivity index (χ3v) is 4.77. The van der Waals surface area contributed by atoms with Crippen LogP contribution in [0, 0.1) is 25.5 Å². The summed E-state index contributed by atoms with van der Waals surface area (Å²) < 4.78 is 26.4. The van der Waals surface area contributed by atoms with Crippen LogP contribution in [0.4, 0.5) is 8.78 Å². The van der Waals surface area contributed by atoms with Crippen LogP contribution >= 0.6 is 11.3 Å². The number of aliphatic carboxylic acids is 1. The van der Waals surface area contributed by atoms with Crippen molar-refractivity contribution in [3.05, 3.63) is 56.8 Å². The molecular formula is C17H17F2NO3S. The molecule has 0 spiro atoms. The zero-order valence-corrected chi connectivity index (χ0v) is 14.1. The van der Waals surface area contributed by atoms with Crippen molar-refractivity contribution in [2.24, 2.45) is 0 Å². The highest BCUT2D eigenvalue weighted by Crippen LogP contribution is 2.23. The Labute approximate surface area is 142 Å². The van der Waals surface area contributed by atoms with Crippen LogP contribution < -0.4 is 0 Å². The van der Waals surface area contributed by atoms with Gasteiger partial charge in [0.25, 0.3) is 5.91 Å². The van der Waals surface area contributed by atoms with E-state index in [1.807, 2.05) is 13.8 Å². The number of rotatable bonds is 6. The van der Waals surface area contributed by atoms with E-state index in [1.165, 1.54) is 22.3 Å². The van der Waals surface area contributed by atoms with Crippen LogP contribution in [0.2, 0.25) is 0 Å². The predicted molar refractivity (Wildman–Crippen MR) is 87.1 cm³/mol. The second-order valence-corrected chi connectivity index (χ2v) is 6.53. The van der Waals surface area contributed by atoms with Gasteiger partial charge in [-0.1, -0.05) is 6.07 Å². The molecule has 0 saturated carbocycles. The molecule has 4 nitrogen and oxygen atoms in total. The minimum Gasteiger partial charge on any atom is -0.481 e. The van der Waals surface area contributed by atoms with Crippen molar-refractivity contribution in [3.8, 4) is 0 Å². The summed E-state index contributed by atoms with van der Waals surface area (Å²) >= 11 is 1.44. The number of thiophene rings is 1. The van der Waals surface area contributed by atoms with E-state index in [2.05, 4.69) is 0 Å². The van der Waals surface area contributed by atoms with Gasteiger partial charge in [0.15, 0.2) is 11.6 Å². The number of hydrogen-bond acceptors (Lipinski definition) is 3. The molecule has 0 radical (unpaired) electrons.